The van der Waals surface area contributed by atoms with E-state index in [1.807, 2.05) is 0 Å². The van der Waals surface area contributed by atoms with Gasteiger partial charge in [-0.1, -0.05) is 0 Å². The number of hydrogen-bond donors (Lipinski definition) is 2. The predicted molar refractivity (Wildman–Crippen MR) is 66.0 cm³/mol. The normalized spacial score (nSPS) is 21.8. The van der Waals surface area contributed by atoms with Crippen LogP contribution in [0.25, 0.3) is 0 Å². The molecule has 2 atom stereocenters. The van der Waals surface area contributed by atoms with Gasteiger partial charge in [0.05, 0.1) is 6.04 Å². The first-order valence-electron chi connectivity index (χ1n) is 6.58. The van der Waals surface area contributed by atoms with Crippen molar-refractivity contribution in [1.82, 2.24) is 15.1 Å². The minimum absolute atomic E-state index is 0.00120. The van der Waals surface area contributed by atoms with Crippen LogP contribution in [-0.2, 0) is 14.4 Å². The summed E-state index contributed by atoms with van der Waals surface area (Å²) in [5, 5.41) is 12.5. The summed E-state index contributed by atoms with van der Waals surface area (Å²) in [7, 11) is 0. The van der Waals surface area contributed by atoms with Gasteiger partial charge in [0.15, 0.2) is 6.10 Å². The van der Waals surface area contributed by atoms with Gasteiger partial charge in [0.2, 0.25) is 12.3 Å². The first-order chi connectivity index (χ1) is 9.13. The third-order valence-electron chi connectivity index (χ3n) is 3.67. The Kier molecular flexibility index (Phi) is 4.36. The summed E-state index contributed by atoms with van der Waals surface area (Å²) in [6.07, 6.45) is 1.37. The van der Waals surface area contributed by atoms with Crippen molar-refractivity contribution in [2.24, 2.45) is 0 Å². The highest BCUT2D eigenvalue weighted by Crippen LogP contribution is 2.14. The molecule has 19 heavy (non-hydrogen) atoms. The van der Waals surface area contributed by atoms with Gasteiger partial charge >= 0.3 is 0 Å². The average Bonchev–Trinajstić information content (AvgIpc) is 2.71. The molecule has 2 saturated heterocycles. The predicted octanol–water partition coefficient (Wildman–Crippen LogP) is -1.68. The highest BCUT2D eigenvalue weighted by Gasteiger charge is 2.34. The zero-order valence-electron chi connectivity index (χ0n) is 10.7. The second-order valence-electron chi connectivity index (χ2n) is 4.96. The smallest absolute Gasteiger partial charge is 0.253 e. The summed E-state index contributed by atoms with van der Waals surface area (Å²) in [6, 6.07) is -0.743. The number of likely N-dealkylation sites (tertiary alicyclic amines) is 2. The number of carbonyl (C=O) groups excluding carboxylic acids is 3. The topological polar surface area (TPSA) is 90.0 Å². The largest absolute Gasteiger partial charge is 0.381 e. The van der Waals surface area contributed by atoms with Crippen molar-refractivity contribution < 1.29 is 19.5 Å². The second-order valence-corrected chi connectivity index (χ2v) is 4.96. The Balaban J connectivity index is 1.95. The highest BCUT2D eigenvalue weighted by atomic mass is 16.3. The molecule has 2 rings (SSSR count). The fourth-order valence-electron chi connectivity index (χ4n) is 2.36. The first-order valence-corrected chi connectivity index (χ1v) is 6.58. The van der Waals surface area contributed by atoms with E-state index in [0.717, 1.165) is 12.8 Å². The van der Waals surface area contributed by atoms with Crippen LogP contribution in [0, 0.1) is 0 Å². The number of carbonyl (C=O) groups is 3. The van der Waals surface area contributed by atoms with E-state index in [4.69, 9.17) is 0 Å². The van der Waals surface area contributed by atoms with Gasteiger partial charge in [-0.3, -0.25) is 14.4 Å². The minimum atomic E-state index is -1.29. The zero-order chi connectivity index (χ0) is 13.8. The molecule has 0 aromatic rings. The van der Waals surface area contributed by atoms with E-state index in [-0.39, 0.29) is 18.4 Å². The number of nitrogens with one attached hydrogen (secondary N) is 1. The summed E-state index contributed by atoms with van der Waals surface area (Å²) in [5.74, 6) is -0.376. The van der Waals surface area contributed by atoms with Crippen molar-refractivity contribution in [3.05, 3.63) is 0 Å². The molecule has 106 valence electrons. The molecule has 0 spiro atoms. The van der Waals surface area contributed by atoms with Crippen molar-refractivity contribution >= 4 is 18.2 Å². The van der Waals surface area contributed by atoms with E-state index < -0.39 is 12.1 Å². The molecule has 2 N–H and O–H groups in total. The molecule has 2 unspecified atom stereocenters. The van der Waals surface area contributed by atoms with Gasteiger partial charge < -0.3 is 20.2 Å². The second kappa shape index (κ2) is 6.01. The minimum Gasteiger partial charge on any atom is -0.381 e. The average molecular weight is 269 g/mol. The summed E-state index contributed by atoms with van der Waals surface area (Å²) in [4.78, 5) is 37.2. The molecule has 0 saturated carbocycles. The third kappa shape index (κ3) is 3.04. The number of nitrogens with zero attached hydrogens (tertiary/aromatic N) is 2. The van der Waals surface area contributed by atoms with Gasteiger partial charge in [0.25, 0.3) is 5.91 Å². The Labute approximate surface area is 111 Å². The Bertz CT molecular complexity index is 370. The van der Waals surface area contributed by atoms with Crippen LogP contribution in [0.15, 0.2) is 0 Å². The fraction of sp³-hybridized carbons (Fsp3) is 0.750. The van der Waals surface area contributed by atoms with Crippen LogP contribution in [0.3, 0.4) is 0 Å². The van der Waals surface area contributed by atoms with Crippen LogP contribution in [0.1, 0.15) is 19.3 Å². The molecule has 2 fully saturated rings. The number of aliphatic hydroxyl groups excluding tert-OH is 1. The molecule has 0 aromatic heterocycles. The van der Waals surface area contributed by atoms with Crippen LogP contribution < -0.4 is 5.32 Å². The fourth-order valence-corrected chi connectivity index (χ4v) is 2.36. The monoisotopic (exact) mass is 269 g/mol. The quantitative estimate of drug-likeness (QED) is 0.563. The Morgan fingerprint density at radius 3 is 2.58 bits per heavy atom. The lowest BCUT2D eigenvalue weighted by atomic mass is 10.1. The maximum atomic E-state index is 11.9. The Morgan fingerprint density at radius 2 is 2.11 bits per heavy atom. The number of hydrogen-bond acceptors (Lipinski definition) is 4. The molecule has 2 aliphatic heterocycles. The molecule has 7 heteroatoms. The zero-order valence-corrected chi connectivity index (χ0v) is 10.7. The van der Waals surface area contributed by atoms with E-state index in [0.29, 0.717) is 32.5 Å². The van der Waals surface area contributed by atoms with E-state index in [2.05, 4.69) is 5.32 Å². The Morgan fingerprint density at radius 1 is 1.37 bits per heavy atom. The molecule has 2 heterocycles. The van der Waals surface area contributed by atoms with Gasteiger partial charge in [-0.15, -0.1) is 0 Å². The van der Waals surface area contributed by atoms with E-state index >= 15 is 0 Å². The lowest BCUT2D eigenvalue weighted by molar-refractivity contribution is -0.146. The highest BCUT2D eigenvalue weighted by molar-refractivity contribution is 5.83. The summed E-state index contributed by atoms with van der Waals surface area (Å²) in [6.45, 7) is 2.08. The van der Waals surface area contributed by atoms with Crippen LogP contribution in [0.5, 0.6) is 0 Å². The van der Waals surface area contributed by atoms with Crippen molar-refractivity contribution in [2.75, 3.05) is 26.2 Å². The van der Waals surface area contributed by atoms with E-state index in [1.54, 1.807) is 9.80 Å². The first kappa shape index (κ1) is 13.8. The van der Waals surface area contributed by atoms with Crippen molar-refractivity contribution in [1.29, 1.82) is 0 Å². The molecule has 0 radical (unpaired) electrons. The van der Waals surface area contributed by atoms with Crippen molar-refractivity contribution in [3.63, 3.8) is 0 Å². The van der Waals surface area contributed by atoms with Crippen LogP contribution in [0.2, 0.25) is 0 Å². The van der Waals surface area contributed by atoms with Gasteiger partial charge in [0, 0.05) is 32.6 Å². The van der Waals surface area contributed by atoms with Crippen LogP contribution >= 0.6 is 0 Å². The lowest BCUT2D eigenvalue weighted by Gasteiger charge is -2.35. The maximum Gasteiger partial charge on any atom is 0.253 e. The summed E-state index contributed by atoms with van der Waals surface area (Å²) < 4.78 is 0. The molecule has 2 aliphatic rings. The van der Waals surface area contributed by atoms with Gasteiger partial charge in [-0.2, -0.15) is 0 Å². The molecule has 0 aliphatic carbocycles. The molecule has 7 nitrogen and oxygen atoms in total. The maximum absolute atomic E-state index is 11.9. The van der Waals surface area contributed by atoms with E-state index in [1.165, 1.54) is 0 Å². The number of aliphatic hydroxyl groups is 1. The third-order valence-corrected chi connectivity index (χ3v) is 3.67. The molecular weight excluding hydrogens is 250 g/mol. The van der Waals surface area contributed by atoms with Gasteiger partial charge in [-0.25, -0.2) is 0 Å². The summed E-state index contributed by atoms with van der Waals surface area (Å²) >= 11 is 0. The molecule has 3 amide bonds. The van der Waals surface area contributed by atoms with Crippen LogP contribution in [0.4, 0.5) is 0 Å². The van der Waals surface area contributed by atoms with Crippen molar-refractivity contribution in [3.8, 4) is 0 Å². The summed E-state index contributed by atoms with van der Waals surface area (Å²) in [5.41, 5.74) is 0. The molecular formula is C12H19N3O4. The van der Waals surface area contributed by atoms with Crippen LogP contribution in [-0.4, -0.2) is 71.5 Å². The lowest BCUT2D eigenvalue weighted by Crippen LogP contribution is -2.57. The van der Waals surface area contributed by atoms with Crippen molar-refractivity contribution in [2.45, 2.75) is 31.4 Å². The number of rotatable bonds is 6. The molecule has 0 aromatic carbocycles. The van der Waals surface area contributed by atoms with E-state index in [9.17, 15) is 19.5 Å². The standard InChI is InChI=1S/C12H19N3O4/c16-8-13-9(7-15-4-1-3-10(15)17)11(18)12(19)14-5-2-6-14/h8-9,11,18H,1-7H2,(H,13,16). The Hall–Kier alpha value is -1.63. The van der Waals surface area contributed by atoms with Gasteiger partial charge in [-0.05, 0) is 12.8 Å². The molecule has 0 bridgehead atoms. The van der Waals surface area contributed by atoms with Gasteiger partial charge in [0.1, 0.15) is 0 Å². The number of amides is 3. The SMILES string of the molecule is O=CNC(CN1CCCC1=O)C(O)C(=O)N1CCC1.